The quantitative estimate of drug-likeness (QED) is 0.764. The number of fused-ring (bicyclic) bond motifs is 1. The summed E-state index contributed by atoms with van der Waals surface area (Å²) in [7, 11) is 0. The first-order chi connectivity index (χ1) is 8.83. The molecule has 0 spiro atoms. The molecule has 0 fully saturated rings. The van der Waals surface area contributed by atoms with Crippen molar-refractivity contribution in [3.63, 3.8) is 0 Å². The summed E-state index contributed by atoms with van der Waals surface area (Å²) >= 11 is 0. The molecule has 1 atom stereocenters. The lowest BCUT2D eigenvalue weighted by Crippen LogP contribution is -2.04. The largest absolute Gasteiger partial charge is 0.472 e. The van der Waals surface area contributed by atoms with Gasteiger partial charge in [0.1, 0.15) is 6.10 Å². The molecule has 0 aliphatic rings. The second-order valence-corrected chi connectivity index (χ2v) is 4.14. The molecule has 0 radical (unpaired) electrons. The Labute approximate surface area is 104 Å². The molecule has 2 aromatic heterocycles. The van der Waals surface area contributed by atoms with Gasteiger partial charge >= 0.3 is 0 Å². The van der Waals surface area contributed by atoms with Gasteiger partial charge in [-0.05, 0) is 23.8 Å². The first-order valence-electron chi connectivity index (χ1n) is 5.74. The third-order valence-corrected chi connectivity index (χ3v) is 2.82. The third kappa shape index (κ3) is 2.10. The fourth-order valence-electron chi connectivity index (χ4n) is 1.87. The molecule has 1 unspecified atom stereocenters. The van der Waals surface area contributed by atoms with Gasteiger partial charge in [0, 0.05) is 6.42 Å². The zero-order valence-electron chi connectivity index (χ0n) is 9.65. The van der Waals surface area contributed by atoms with E-state index in [0.29, 0.717) is 12.1 Å². The highest BCUT2D eigenvalue weighted by molar-refractivity contribution is 5.73. The summed E-state index contributed by atoms with van der Waals surface area (Å²) < 4.78 is 4.97. The van der Waals surface area contributed by atoms with E-state index in [9.17, 15) is 5.11 Å². The minimum absolute atomic E-state index is 0.476. The summed E-state index contributed by atoms with van der Waals surface area (Å²) in [6.07, 6.45) is 4.64. The number of para-hydroxylation sites is 2. The minimum Gasteiger partial charge on any atom is -0.472 e. The maximum atomic E-state index is 10.1. The molecule has 1 aromatic carbocycles. The standard InChI is InChI=1S/C14H12N2O2/c17-14(7-10-5-6-18-9-10)13-8-15-11-3-1-2-4-12(11)16-13/h1-6,8-9,14,17H,7H2. The van der Waals surface area contributed by atoms with Crippen molar-refractivity contribution in [2.24, 2.45) is 0 Å². The van der Waals surface area contributed by atoms with Crippen LogP contribution in [0.4, 0.5) is 0 Å². The molecule has 0 amide bonds. The van der Waals surface area contributed by atoms with Crippen LogP contribution in [0.25, 0.3) is 11.0 Å². The van der Waals surface area contributed by atoms with Crippen molar-refractivity contribution in [3.05, 3.63) is 60.3 Å². The number of rotatable bonds is 3. The fraction of sp³-hybridized carbons (Fsp3) is 0.143. The average Bonchev–Trinajstić information content (AvgIpc) is 2.91. The van der Waals surface area contributed by atoms with Crippen molar-refractivity contribution >= 4 is 11.0 Å². The van der Waals surface area contributed by atoms with E-state index in [0.717, 1.165) is 16.6 Å². The highest BCUT2D eigenvalue weighted by Crippen LogP contribution is 2.18. The number of hydrogen-bond donors (Lipinski definition) is 1. The lowest BCUT2D eigenvalue weighted by Gasteiger charge is -2.08. The van der Waals surface area contributed by atoms with Gasteiger partial charge in [-0.1, -0.05) is 12.1 Å². The Morgan fingerprint density at radius 3 is 2.78 bits per heavy atom. The number of aliphatic hydroxyl groups excluding tert-OH is 1. The van der Waals surface area contributed by atoms with Crippen molar-refractivity contribution in [3.8, 4) is 0 Å². The first-order valence-corrected chi connectivity index (χ1v) is 5.74. The number of nitrogens with zero attached hydrogens (tertiary/aromatic N) is 2. The van der Waals surface area contributed by atoms with Crippen LogP contribution in [0.3, 0.4) is 0 Å². The summed E-state index contributed by atoms with van der Waals surface area (Å²) in [6, 6.07) is 9.44. The van der Waals surface area contributed by atoms with Crippen LogP contribution in [0.5, 0.6) is 0 Å². The molecule has 3 rings (SSSR count). The minimum atomic E-state index is -0.667. The van der Waals surface area contributed by atoms with E-state index in [1.54, 1.807) is 18.7 Å². The lowest BCUT2D eigenvalue weighted by molar-refractivity contribution is 0.173. The van der Waals surface area contributed by atoms with E-state index in [1.165, 1.54) is 0 Å². The number of furan rings is 1. The van der Waals surface area contributed by atoms with Crippen LogP contribution < -0.4 is 0 Å². The van der Waals surface area contributed by atoms with Gasteiger partial charge in [0.2, 0.25) is 0 Å². The molecular formula is C14H12N2O2. The molecule has 3 aromatic rings. The molecule has 0 aliphatic carbocycles. The monoisotopic (exact) mass is 240 g/mol. The zero-order chi connectivity index (χ0) is 12.4. The summed E-state index contributed by atoms with van der Waals surface area (Å²) in [4.78, 5) is 8.70. The average molecular weight is 240 g/mol. The van der Waals surface area contributed by atoms with Crippen LogP contribution in [0, 0.1) is 0 Å². The number of aliphatic hydroxyl groups is 1. The van der Waals surface area contributed by atoms with Gasteiger partial charge in [0.05, 0.1) is 35.5 Å². The molecule has 4 nitrogen and oxygen atoms in total. The first kappa shape index (κ1) is 10.9. The topological polar surface area (TPSA) is 59.2 Å². The van der Waals surface area contributed by atoms with Crippen LogP contribution in [0.15, 0.2) is 53.5 Å². The van der Waals surface area contributed by atoms with Crippen LogP contribution >= 0.6 is 0 Å². The Hall–Kier alpha value is -2.20. The normalized spacial score (nSPS) is 12.7. The molecule has 4 heteroatoms. The Morgan fingerprint density at radius 1 is 1.17 bits per heavy atom. The van der Waals surface area contributed by atoms with Gasteiger partial charge in [0.15, 0.2) is 0 Å². The molecule has 0 bridgehead atoms. The third-order valence-electron chi connectivity index (χ3n) is 2.82. The Morgan fingerprint density at radius 2 is 2.00 bits per heavy atom. The summed E-state index contributed by atoms with van der Waals surface area (Å²) in [5, 5.41) is 10.1. The lowest BCUT2D eigenvalue weighted by atomic mass is 10.1. The smallest absolute Gasteiger partial charge is 0.102 e. The number of benzene rings is 1. The molecule has 0 aliphatic heterocycles. The highest BCUT2D eigenvalue weighted by Gasteiger charge is 2.12. The maximum absolute atomic E-state index is 10.1. The van der Waals surface area contributed by atoms with E-state index in [-0.39, 0.29) is 0 Å². The van der Waals surface area contributed by atoms with Crippen molar-refractivity contribution in [1.29, 1.82) is 0 Å². The maximum Gasteiger partial charge on any atom is 0.102 e. The predicted molar refractivity (Wildman–Crippen MR) is 66.9 cm³/mol. The number of aromatic nitrogens is 2. The molecule has 2 heterocycles. The van der Waals surface area contributed by atoms with Crippen LogP contribution in [0.1, 0.15) is 17.4 Å². The van der Waals surface area contributed by atoms with Gasteiger partial charge in [-0.25, -0.2) is 4.98 Å². The second kappa shape index (κ2) is 4.58. The van der Waals surface area contributed by atoms with Crippen LogP contribution in [-0.4, -0.2) is 15.1 Å². The molecule has 0 saturated carbocycles. The van der Waals surface area contributed by atoms with Crippen LogP contribution in [-0.2, 0) is 6.42 Å². The van der Waals surface area contributed by atoms with Gasteiger partial charge in [-0.3, -0.25) is 4.98 Å². The van der Waals surface area contributed by atoms with Gasteiger partial charge in [-0.2, -0.15) is 0 Å². The summed E-state index contributed by atoms with van der Waals surface area (Å²) in [5.41, 5.74) is 3.14. The summed E-state index contributed by atoms with van der Waals surface area (Å²) in [6.45, 7) is 0. The fourth-order valence-corrected chi connectivity index (χ4v) is 1.87. The Bertz CT molecular complexity index is 650. The Kier molecular flexibility index (Phi) is 2.78. The zero-order valence-corrected chi connectivity index (χ0v) is 9.65. The van der Waals surface area contributed by atoms with Gasteiger partial charge < -0.3 is 9.52 Å². The van der Waals surface area contributed by atoms with E-state index in [2.05, 4.69) is 9.97 Å². The molecule has 1 N–H and O–H groups in total. The SMILES string of the molecule is OC(Cc1ccoc1)c1cnc2ccccc2n1. The second-order valence-electron chi connectivity index (χ2n) is 4.14. The van der Waals surface area contributed by atoms with Crippen molar-refractivity contribution in [1.82, 2.24) is 9.97 Å². The van der Waals surface area contributed by atoms with E-state index in [4.69, 9.17) is 4.42 Å². The van der Waals surface area contributed by atoms with Crippen molar-refractivity contribution in [2.75, 3.05) is 0 Å². The van der Waals surface area contributed by atoms with Crippen molar-refractivity contribution in [2.45, 2.75) is 12.5 Å². The van der Waals surface area contributed by atoms with E-state index in [1.807, 2.05) is 30.3 Å². The molecule has 0 saturated heterocycles. The van der Waals surface area contributed by atoms with E-state index < -0.39 is 6.10 Å². The molecule has 90 valence electrons. The predicted octanol–water partition coefficient (Wildman–Crippen LogP) is 2.50. The highest BCUT2D eigenvalue weighted by atomic mass is 16.3. The van der Waals surface area contributed by atoms with Crippen LogP contribution in [0.2, 0.25) is 0 Å². The van der Waals surface area contributed by atoms with Gasteiger partial charge in [0.25, 0.3) is 0 Å². The summed E-state index contributed by atoms with van der Waals surface area (Å²) in [5.74, 6) is 0. The van der Waals surface area contributed by atoms with E-state index >= 15 is 0 Å². The molecule has 18 heavy (non-hydrogen) atoms. The van der Waals surface area contributed by atoms with Crippen molar-refractivity contribution < 1.29 is 9.52 Å². The molecular weight excluding hydrogens is 228 g/mol. The number of hydrogen-bond acceptors (Lipinski definition) is 4. The Balaban J connectivity index is 1.89. The van der Waals surface area contributed by atoms with Gasteiger partial charge in [-0.15, -0.1) is 0 Å².